The number of nitro groups is 1. The van der Waals surface area contributed by atoms with E-state index in [4.69, 9.17) is 4.74 Å². The van der Waals surface area contributed by atoms with Crippen molar-refractivity contribution in [1.82, 2.24) is 5.32 Å². The first-order valence-corrected chi connectivity index (χ1v) is 9.80. The van der Waals surface area contributed by atoms with Crippen LogP contribution in [-0.2, 0) is 14.6 Å². The smallest absolute Gasteiger partial charge is 0.293 e. The van der Waals surface area contributed by atoms with Gasteiger partial charge in [0, 0.05) is 30.8 Å². The van der Waals surface area contributed by atoms with Gasteiger partial charge in [-0.25, -0.2) is 8.42 Å². The summed E-state index contributed by atoms with van der Waals surface area (Å²) in [7, 11) is -3.11. The van der Waals surface area contributed by atoms with Gasteiger partial charge in [-0.2, -0.15) is 0 Å². The van der Waals surface area contributed by atoms with E-state index in [9.17, 15) is 23.3 Å². The number of amides is 1. The zero-order chi connectivity index (χ0) is 18.0. The number of carbonyl (C=O) groups excluding carboxylic acids is 1. The number of benzene rings is 1. The summed E-state index contributed by atoms with van der Waals surface area (Å²) in [5.41, 5.74) is 0.454. The molecule has 1 N–H and O–H groups in total. The minimum absolute atomic E-state index is 0.0497. The molecule has 10 heteroatoms. The molecule has 0 spiro atoms. The largest absolute Gasteiger partial charge is 0.378 e. The number of carbonyl (C=O) groups is 1. The molecule has 0 aliphatic carbocycles. The van der Waals surface area contributed by atoms with E-state index in [2.05, 4.69) is 5.32 Å². The van der Waals surface area contributed by atoms with Crippen LogP contribution < -0.4 is 10.2 Å². The van der Waals surface area contributed by atoms with Crippen molar-refractivity contribution in [3.05, 3.63) is 33.9 Å². The Hall–Kier alpha value is -2.20. The van der Waals surface area contributed by atoms with E-state index >= 15 is 0 Å². The number of anilines is 1. The van der Waals surface area contributed by atoms with Gasteiger partial charge >= 0.3 is 0 Å². The van der Waals surface area contributed by atoms with Crippen molar-refractivity contribution in [2.45, 2.75) is 12.5 Å². The van der Waals surface area contributed by atoms with Crippen molar-refractivity contribution in [3.8, 4) is 0 Å². The van der Waals surface area contributed by atoms with Gasteiger partial charge in [-0.05, 0) is 18.6 Å². The number of morpholine rings is 1. The lowest BCUT2D eigenvalue weighted by Gasteiger charge is -2.28. The Kier molecular flexibility index (Phi) is 4.91. The molecule has 1 amide bonds. The van der Waals surface area contributed by atoms with Crippen LogP contribution in [-0.4, -0.2) is 63.1 Å². The first-order chi connectivity index (χ1) is 11.9. The molecule has 0 bridgehead atoms. The van der Waals surface area contributed by atoms with Crippen molar-refractivity contribution in [3.63, 3.8) is 0 Å². The lowest BCUT2D eigenvalue weighted by atomic mass is 10.1. The summed E-state index contributed by atoms with van der Waals surface area (Å²) in [6.45, 7) is 2.09. The molecule has 2 aliphatic rings. The predicted molar refractivity (Wildman–Crippen MR) is 90.7 cm³/mol. The zero-order valence-electron chi connectivity index (χ0n) is 13.5. The lowest BCUT2D eigenvalue weighted by molar-refractivity contribution is -0.384. The molecule has 1 unspecified atom stereocenters. The van der Waals surface area contributed by atoms with Crippen molar-refractivity contribution in [2.75, 3.05) is 42.7 Å². The zero-order valence-corrected chi connectivity index (χ0v) is 14.3. The van der Waals surface area contributed by atoms with Crippen LogP contribution >= 0.6 is 0 Å². The van der Waals surface area contributed by atoms with E-state index in [-0.39, 0.29) is 22.8 Å². The van der Waals surface area contributed by atoms with E-state index in [0.29, 0.717) is 38.4 Å². The highest BCUT2D eigenvalue weighted by molar-refractivity contribution is 7.91. The highest BCUT2D eigenvalue weighted by atomic mass is 32.2. The third-order valence-corrected chi connectivity index (χ3v) is 6.12. The Labute approximate surface area is 145 Å². The van der Waals surface area contributed by atoms with Crippen LogP contribution in [0.5, 0.6) is 0 Å². The second kappa shape index (κ2) is 6.96. The Balaban J connectivity index is 1.79. The quantitative estimate of drug-likeness (QED) is 0.601. The number of nitro benzene ring substituents is 1. The van der Waals surface area contributed by atoms with E-state index in [1.165, 1.54) is 12.1 Å². The molecule has 1 aromatic carbocycles. The van der Waals surface area contributed by atoms with Gasteiger partial charge in [0.15, 0.2) is 9.84 Å². The molecular weight excluding hydrogens is 350 g/mol. The SMILES string of the molecule is O=C(NC1CCS(=O)(=O)C1)c1ccc(N2CCOCC2)c([N+](=O)[O-])c1. The first kappa shape index (κ1) is 17.6. The van der Waals surface area contributed by atoms with Crippen molar-refractivity contribution in [2.24, 2.45) is 0 Å². The maximum Gasteiger partial charge on any atom is 0.293 e. The minimum atomic E-state index is -3.11. The number of nitrogens with zero attached hydrogens (tertiary/aromatic N) is 2. The summed E-state index contributed by atoms with van der Waals surface area (Å²) in [4.78, 5) is 25.1. The van der Waals surface area contributed by atoms with Crippen molar-refractivity contribution < 1.29 is 22.9 Å². The molecule has 1 atom stereocenters. The number of nitrogens with one attached hydrogen (secondary N) is 1. The molecule has 2 saturated heterocycles. The van der Waals surface area contributed by atoms with Crippen molar-refractivity contribution >= 4 is 27.1 Å². The molecule has 1 aromatic rings. The van der Waals surface area contributed by atoms with Crippen LogP contribution in [0.3, 0.4) is 0 Å². The molecule has 136 valence electrons. The summed E-state index contributed by atoms with van der Waals surface area (Å²) in [6, 6.07) is 3.87. The topological polar surface area (TPSA) is 119 Å². The number of rotatable bonds is 4. The van der Waals surface area contributed by atoms with Crippen LogP contribution in [0.25, 0.3) is 0 Å². The normalized spacial score (nSPS) is 22.6. The first-order valence-electron chi connectivity index (χ1n) is 7.98. The molecular formula is C15H19N3O6S. The van der Waals surface area contributed by atoms with Gasteiger partial charge in [-0.3, -0.25) is 14.9 Å². The van der Waals surface area contributed by atoms with Gasteiger partial charge in [0.25, 0.3) is 11.6 Å². The molecule has 25 heavy (non-hydrogen) atoms. The summed E-state index contributed by atoms with van der Waals surface area (Å²) < 4.78 is 28.2. The Morgan fingerprint density at radius 1 is 1.32 bits per heavy atom. The van der Waals surface area contributed by atoms with E-state index in [1.807, 2.05) is 4.90 Å². The van der Waals surface area contributed by atoms with Gasteiger partial charge in [0.1, 0.15) is 5.69 Å². The van der Waals surface area contributed by atoms with Gasteiger partial charge < -0.3 is 15.0 Å². The highest BCUT2D eigenvalue weighted by Crippen LogP contribution is 2.30. The van der Waals surface area contributed by atoms with E-state index in [1.54, 1.807) is 6.07 Å². The third kappa shape index (κ3) is 4.07. The highest BCUT2D eigenvalue weighted by Gasteiger charge is 2.30. The fourth-order valence-corrected chi connectivity index (χ4v) is 4.73. The summed E-state index contributed by atoms with van der Waals surface area (Å²) in [5.74, 6) is -0.542. The summed E-state index contributed by atoms with van der Waals surface area (Å²) in [6.07, 6.45) is 0.363. The summed E-state index contributed by atoms with van der Waals surface area (Å²) in [5, 5.41) is 14.0. The number of hydrogen-bond donors (Lipinski definition) is 1. The van der Waals surface area contributed by atoms with Gasteiger partial charge in [0.05, 0.1) is 29.6 Å². The maximum absolute atomic E-state index is 12.3. The molecule has 0 radical (unpaired) electrons. The fourth-order valence-electron chi connectivity index (χ4n) is 3.06. The Morgan fingerprint density at radius 2 is 2.04 bits per heavy atom. The standard InChI is InChI=1S/C15H19N3O6S/c19-15(16-12-3-8-25(22,23)10-12)11-1-2-13(14(9-11)18(20)21)17-4-6-24-7-5-17/h1-2,9,12H,3-8,10H2,(H,16,19). The Bertz CT molecular complexity index is 788. The number of hydrogen-bond acceptors (Lipinski definition) is 7. The van der Waals surface area contributed by atoms with Crippen molar-refractivity contribution in [1.29, 1.82) is 0 Å². The second-order valence-corrected chi connectivity index (χ2v) is 8.36. The summed E-state index contributed by atoms with van der Waals surface area (Å²) >= 11 is 0. The molecule has 3 rings (SSSR count). The third-order valence-electron chi connectivity index (χ3n) is 4.35. The predicted octanol–water partition coefficient (Wildman–Crippen LogP) is 0.348. The van der Waals surface area contributed by atoms with Crippen LogP contribution in [0.4, 0.5) is 11.4 Å². The molecule has 2 aliphatic heterocycles. The van der Waals surface area contributed by atoms with Crippen LogP contribution in [0.2, 0.25) is 0 Å². The maximum atomic E-state index is 12.3. The van der Waals surface area contributed by atoms with Crippen LogP contribution in [0.15, 0.2) is 18.2 Å². The molecule has 2 fully saturated rings. The monoisotopic (exact) mass is 369 g/mol. The number of ether oxygens (including phenoxy) is 1. The average molecular weight is 369 g/mol. The van der Waals surface area contributed by atoms with Gasteiger partial charge in [0.2, 0.25) is 0 Å². The Morgan fingerprint density at radius 3 is 2.64 bits per heavy atom. The average Bonchev–Trinajstić information content (AvgIpc) is 2.93. The molecule has 0 saturated carbocycles. The minimum Gasteiger partial charge on any atom is -0.378 e. The van der Waals surface area contributed by atoms with E-state index < -0.39 is 26.7 Å². The molecule has 2 heterocycles. The second-order valence-electron chi connectivity index (χ2n) is 6.13. The van der Waals surface area contributed by atoms with E-state index in [0.717, 1.165) is 0 Å². The van der Waals surface area contributed by atoms with Gasteiger partial charge in [-0.1, -0.05) is 0 Å². The van der Waals surface area contributed by atoms with Crippen LogP contribution in [0.1, 0.15) is 16.8 Å². The van der Waals surface area contributed by atoms with Crippen LogP contribution in [0, 0.1) is 10.1 Å². The van der Waals surface area contributed by atoms with Gasteiger partial charge in [-0.15, -0.1) is 0 Å². The lowest BCUT2D eigenvalue weighted by Crippen LogP contribution is -2.37. The fraction of sp³-hybridized carbons (Fsp3) is 0.533. The number of sulfone groups is 1. The molecule has 0 aromatic heterocycles. The molecule has 9 nitrogen and oxygen atoms in total.